The molecule has 3 rings (SSSR count). The van der Waals surface area contributed by atoms with E-state index >= 15 is 0 Å². The van der Waals surface area contributed by atoms with Crippen LogP contribution in [-0.2, 0) is 5.41 Å². The zero-order valence-electron chi connectivity index (χ0n) is 11.4. The summed E-state index contributed by atoms with van der Waals surface area (Å²) >= 11 is 0. The third-order valence-electron chi connectivity index (χ3n) is 4.18. The van der Waals surface area contributed by atoms with Crippen molar-refractivity contribution in [1.82, 2.24) is 15.5 Å². The molecule has 3 heterocycles. The number of nitrogens with one attached hydrogen (secondary N) is 1. The fourth-order valence-electron chi connectivity index (χ4n) is 2.76. The number of hydrogen-bond donors (Lipinski definition) is 1. The molecule has 0 atom stereocenters. The van der Waals surface area contributed by atoms with Gasteiger partial charge in [0.05, 0.1) is 11.7 Å². The Balaban J connectivity index is 1.94. The average Bonchev–Trinajstić information content (AvgIpc) is 3.08. The van der Waals surface area contributed by atoms with E-state index in [1.54, 1.807) is 6.26 Å². The molecule has 1 aliphatic heterocycles. The van der Waals surface area contributed by atoms with E-state index in [9.17, 15) is 0 Å². The Morgan fingerprint density at radius 3 is 2.79 bits per heavy atom. The van der Waals surface area contributed by atoms with E-state index < -0.39 is 0 Å². The Morgan fingerprint density at radius 2 is 2.16 bits per heavy atom. The quantitative estimate of drug-likeness (QED) is 0.920. The number of rotatable bonds is 3. The van der Waals surface area contributed by atoms with Crippen LogP contribution in [0.3, 0.4) is 0 Å². The summed E-state index contributed by atoms with van der Waals surface area (Å²) in [4.78, 5) is 4.58. The summed E-state index contributed by atoms with van der Waals surface area (Å²) < 4.78 is 10.9. The predicted molar refractivity (Wildman–Crippen MR) is 70.8 cm³/mol. The summed E-state index contributed by atoms with van der Waals surface area (Å²) in [6.45, 7) is 6.18. The normalized spacial score (nSPS) is 18.6. The highest BCUT2D eigenvalue weighted by atomic mass is 16.5. The lowest BCUT2D eigenvalue weighted by Gasteiger charge is -2.33. The molecule has 0 saturated carbocycles. The van der Waals surface area contributed by atoms with Gasteiger partial charge in [-0.1, -0.05) is 12.1 Å². The Labute approximate surface area is 112 Å². The van der Waals surface area contributed by atoms with E-state index in [2.05, 4.69) is 22.4 Å². The molecule has 0 bridgehead atoms. The molecule has 19 heavy (non-hydrogen) atoms. The summed E-state index contributed by atoms with van der Waals surface area (Å²) in [6.07, 6.45) is 4.76. The molecule has 1 saturated heterocycles. The molecule has 1 fully saturated rings. The van der Waals surface area contributed by atoms with Gasteiger partial charge in [0.1, 0.15) is 0 Å². The Hall–Kier alpha value is -1.62. The van der Waals surface area contributed by atoms with Gasteiger partial charge >= 0.3 is 0 Å². The van der Waals surface area contributed by atoms with Gasteiger partial charge in [-0.2, -0.15) is 4.98 Å². The van der Waals surface area contributed by atoms with Crippen LogP contribution >= 0.6 is 0 Å². The van der Waals surface area contributed by atoms with Crippen molar-refractivity contribution in [1.29, 1.82) is 0 Å². The molecule has 0 spiro atoms. The van der Waals surface area contributed by atoms with E-state index in [-0.39, 0.29) is 5.41 Å². The van der Waals surface area contributed by atoms with Crippen molar-refractivity contribution in [3.8, 4) is 11.6 Å². The van der Waals surface area contributed by atoms with Crippen LogP contribution in [0.4, 0.5) is 0 Å². The van der Waals surface area contributed by atoms with Gasteiger partial charge in [0.15, 0.2) is 5.76 Å². The van der Waals surface area contributed by atoms with E-state index in [1.807, 2.05) is 13.0 Å². The molecule has 0 radical (unpaired) electrons. The van der Waals surface area contributed by atoms with Crippen LogP contribution in [0.2, 0.25) is 0 Å². The molecule has 0 aromatic carbocycles. The maximum absolute atomic E-state index is 5.53. The number of aryl methyl sites for hydroxylation is 1. The van der Waals surface area contributed by atoms with Gasteiger partial charge in [0.2, 0.25) is 11.7 Å². The van der Waals surface area contributed by atoms with Crippen LogP contribution in [0.25, 0.3) is 11.6 Å². The Bertz CT molecular complexity index is 553. The van der Waals surface area contributed by atoms with Crippen LogP contribution in [0.5, 0.6) is 0 Å². The first kappa shape index (κ1) is 12.4. The van der Waals surface area contributed by atoms with Crippen molar-refractivity contribution < 1.29 is 8.94 Å². The van der Waals surface area contributed by atoms with Crippen molar-refractivity contribution in [2.45, 2.75) is 38.5 Å². The minimum absolute atomic E-state index is 0.0248. The number of furan rings is 1. The summed E-state index contributed by atoms with van der Waals surface area (Å²) in [5.41, 5.74) is 1.06. The van der Waals surface area contributed by atoms with Gasteiger partial charge < -0.3 is 14.3 Å². The third-order valence-corrected chi connectivity index (χ3v) is 4.18. The van der Waals surface area contributed by atoms with Gasteiger partial charge in [0.25, 0.3) is 0 Å². The third kappa shape index (κ3) is 2.08. The summed E-state index contributed by atoms with van der Waals surface area (Å²) in [5.74, 6) is 2.02. The minimum atomic E-state index is 0.0248. The largest absolute Gasteiger partial charge is 0.461 e. The van der Waals surface area contributed by atoms with Crippen molar-refractivity contribution in [3.63, 3.8) is 0 Å². The molecule has 5 nitrogen and oxygen atoms in total. The highest BCUT2D eigenvalue weighted by molar-refractivity contribution is 5.51. The van der Waals surface area contributed by atoms with E-state index in [0.29, 0.717) is 11.6 Å². The van der Waals surface area contributed by atoms with Gasteiger partial charge in [-0.25, -0.2) is 0 Å². The van der Waals surface area contributed by atoms with Crippen molar-refractivity contribution in [2.24, 2.45) is 0 Å². The molecule has 1 N–H and O–H groups in total. The van der Waals surface area contributed by atoms with Crippen LogP contribution < -0.4 is 5.32 Å². The molecule has 2 aromatic heterocycles. The van der Waals surface area contributed by atoms with Crippen molar-refractivity contribution in [2.75, 3.05) is 13.1 Å². The molecule has 102 valence electrons. The van der Waals surface area contributed by atoms with Gasteiger partial charge in [0, 0.05) is 0 Å². The summed E-state index contributed by atoms with van der Waals surface area (Å²) in [6, 6.07) is 1.91. The smallest absolute Gasteiger partial charge is 0.238 e. The van der Waals surface area contributed by atoms with Crippen LogP contribution in [-0.4, -0.2) is 23.2 Å². The van der Waals surface area contributed by atoms with E-state index in [4.69, 9.17) is 8.94 Å². The highest BCUT2D eigenvalue weighted by Gasteiger charge is 2.37. The van der Waals surface area contributed by atoms with E-state index in [1.165, 1.54) is 0 Å². The van der Waals surface area contributed by atoms with Crippen LogP contribution in [0.1, 0.15) is 37.6 Å². The second-order valence-electron chi connectivity index (χ2n) is 5.24. The topological polar surface area (TPSA) is 64.1 Å². The Morgan fingerprint density at radius 1 is 1.37 bits per heavy atom. The molecule has 0 aliphatic carbocycles. The first-order valence-electron chi connectivity index (χ1n) is 6.84. The number of aromatic nitrogens is 2. The summed E-state index contributed by atoms with van der Waals surface area (Å²) in [5, 5.41) is 7.47. The number of hydrogen-bond acceptors (Lipinski definition) is 5. The van der Waals surface area contributed by atoms with Gasteiger partial charge in [-0.3, -0.25) is 0 Å². The van der Waals surface area contributed by atoms with Crippen LogP contribution in [0, 0.1) is 6.92 Å². The molecule has 2 aromatic rings. The maximum Gasteiger partial charge on any atom is 0.238 e. The Kier molecular flexibility index (Phi) is 3.14. The fourth-order valence-corrected chi connectivity index (χ4v) is 2.76. The minimum Gasteiger partial charge on any atom is -0.461 e. The monoisotopic (exact) mass is 261 g/mol. The van der Waals surface area contributed by atoms with Gasteiger partial charge in [-0.05, 0) is 50.9 Å². The molecular formula is C14H19N3O2. The van der Waals surface area contributed by atoms with Crippen molar-refractivity contribution in [3.05, 3.63) is 23.8 Å². The molecule has 0 amide bonds. The van der Waals surface area contributed by atoms with E-state index in [0.717, 1.165) is 43.8 Å². The first-order valence-corrected chi connectivity index (χ1v) is 6.84. The number of piperidine rings is 1. The lowest BCUT2D eigenvalue weighted by Crippen LogP contribution is -2.39. The molecule has 1 aliphatic rings. The fraction of sp³-hybridized carbons (Fsp3) is 0.571. The zero-order chi connectivity index (χ0) is 13.3. The maximum atomic E-state index is 5.53. The first-order chi connectivity index (χ1) is 9.25. The van der Waals surface area contributed by atoms with Crippen molar-refractivity contribution >= 4 is 0 Å². The highest BCUT2D eigenvalue weighted by Crippen LogP contribution is 2.36. The summed E-state index contributed by atoms with van der Waals surface area (Å²) in [7, 11) is 0. The molecular weight excluding hydrogens is 242 g/mol. The number of nitrogens with zero attached hydrogens (tertiary/aromatic N) is 2. The molecule has 0 unspecified atom stereocenters. The second-order valence-corrected chi connectivity index (χ2v) is 5.24. The zero-order valence-corrected chi connectivity index (χ0v) is 11.4. The second kappa shape index (κ2) is 4.81. The SMILES string of the molecule is CCC1(c2nc(-c3occc3C)no2)CCNCC1. The lowest BCUT2D eigenvalue weighted by molar-refractivity contribution is 0.216. The lowest BCUT2D eigenvalue weighted by atomic mass is 9.76. The predicted octanol–water partition coefficient (Wildman–Crippen LogP) is 2.67. The van der Waals surface area contributed by atoms with Crippen LogP contribution in [0.15, 0.2) is 21.3 Å². The standard InChI is InChI=1S/C14H19N3O2/c1-3-14(5-7-15-8-6-14)13-16-12(17-19-13)11-10(2)4-9-18-11/h4,9,15H,3,5-8H2,1-2H3. The average molecular weight is 261 g/mol. The van der Waals surface area contributed by atoms with Gasteiger partial charge in [-0.15, -0.1) is 0 Å². The molecule has 5 heteroatoms.